The molecule has 0 amide bonds. The Hall–Kier alpha value is -1.96. The number of hydrogen-bond donors (Lipinski definition) is 1. The van der Waals surface area contributed by atoms with Crippen LogP contribution in [0.1, 0.15) is 12.7 Å². The molecule has 17 heavy (non-hydrogen) atoms. The molecule has 0 fully saturated rings. The van der Waals surface area contributed by atoms with Crippen LogP contribution in [0.25, 0.3) is 0 Å². The molecule has 0 radical (unpaired) electrons. The van der Waals surface area contributed by atoms with Crippen LogP contribution in [-0.4, -0.2) is 38.3 Å². The van der Waals surface area contributed by atoms with Gasteiger partial charge in [0.05, 0.1) is 6.61 Å². The SMILES string of the molecule is Cc1ncc([N+](=O)[O-])n1CCO[C@@H](C)C(=O)O. The second-order valence-electron chi connectivity index (χ2n) is 3.42. The molecule has 0 spiro atoms. The van der Waals surface area contributed by atoms with Gasteiger partial charge in [-0.3, -0.25) is 0 Å². The van der Waals surface area contributed by atoms with Crippen molar-refractivity contribution in [3.05, 3.63) is 22.1 Å². The molecule has 0 aliphatic rings. The Morgan fingerprint density at radius 1 is 1.76 bits per heavy atom. The van der Waals surface area contributed by atoms with Gasteiger partial charge in [-0.25, -0.2) is 14.3 Å². The Labute approximate surface area is 97.0 Å². The Morgan fingerprint density at radius 2 is 2.41 bits per heavy atom. The predicted octanol–water partition coefficient (Wildman–Crippen LogP) is 0.589. The summed E-state index contributed by atoms with van der Waals surface area (Å²) < 4.78 is 6.37. The highest BCUT2D eigenvalue weighted by Crippen LogP contribution is 2.13. The zero-order valence-electron chi connectivity index (χ0n) is 9.49. The third-order valence-electron chi connectivity index (χ3n) is 2.25. The average Bonchev–Trinajstić information content (AvgIpc) is 2.60. The monoisotopic (exact) mass is 243 g/mol. The van der Waals surface area contributed by atoms with E-state index in [-0.39, 0.29) is 19.0 Å². The summed E-state index contributed by atoms with van der Waals surface area (Å²) in [6, 6.07) is 0. The van der Waals surface area contributed by atoms with Gasteiger partial charge < -0.3 is 20.0 Å². The number of aryl methyl sites for hydroxylation is 1. The number of carboxylic acid groups (broad SMARTS) is 1. The van der Waals surface area contributed by atoms with Gasteiger partial charge in [0.2, 0.25) is 0 Å². The maximum atomic E-state index is 10.7. The zero-order chi connectivity index (χ0) is 13.0. The molecule has 0 saturated heterocycles. The van der Waals surface area contributed by atoms with Gasteiger partial charge in [0.25, 0.3) is 0 Å². The quantitative estimate of drug-likeness (QED) is 0.578. The fraction of sp³-hybridized carbons (Fsp3) is 0.556. The van der Waals surface area contributed by atoms with Crippen molar-refractivity contribution < 1.29 is 19.6 Å². The van der Waals surface area contributed by atoms with Crippen molar-refractivity contribution >= 4 is 11.8 Å². The van der Waals surface area contributed by atoms with E-state index < -0.39 is 17.0 Å². The molecule has 0 aliphatic heterocycles. The third kappa shape index (κ3) is 3.25. The van der Waals surface area contributed by atoms with Crippen molar-refractivity contribution in [2.45, 2.75) is 26.5 Å². The molecule has 1 atom stereocenters. The van der Waals surface area contributed by atoms with Crippen LogP contribution in [-0.2, 0) is 16.1 Å². The Kier molecular flexibility index (Phi) is 4.16. The van der Waals surface area contributed by atoms with E-state index in [4.69, 9.17) is 9.84 Å². The van der Waals surface area contributed by atoms with Crippen LogP contribution in [0.3, 0.4) is 0 Å². The largest absolute Gasteiger partial charge is 0.479 e. The minimum Gasteiger partial charge on any atom is -0.479 e. The van der Waals surface area contributed by atoms with E-state index in [0.29, 0.717) is 5.82 Å². The summed E-state index contributed by atoms with van der Waals surface area (Å²) in [4.78, 5) is 24.4. The number of imidazole rings is 1. The molecule has 0 bridgehead atoms. The summed E-state index contributed by atoms with van der Waals surface area (Å²) >= 11 is 0. The molecule has 94 valence electrons. The van der Waals surface area contributed by atoms with Crippen LogP contribution in [0.2, 0.25) is 0 Å². The average molecular weight is 243 g/mol. The number of aromatic nitrogens is 2. The normalized spacial score (nSPS) is 12.4. The van der Waals surface area contributed by atoms with Gasteiger partial charge in [0, 0.05) is 6.92 Å². The van der Waals surface area contributed by atoms with Crippen molar-refractivity contribution in [3.63, 3.8) is 0 Å². The summed E-state index contributed by atoms with van der Waals surface area (Å²) in [6.07, 6.45) is 0.230. The molecule has 0 aromatic carbocycles. The van der Waals surface area contributed by atoms with E-state index in [1.165, 1.54) is 11.5 Å². The number of nitrogens with zero attached hydrogens (tertiary/aromatic N) is 3. The van der Waals surface area contributed by atoms with Crippen LogP contribution in [0.5, 0.6) is 0 Å². The molecule has 1 aromatic heterocycles. The summed E-state index contributed by atoms with van der Waals surface area (Å²) in [5.41, 5.74) is 0. The van der Waals surface area contributed by atoms with Crippen LogP contribution < -0.4 is 0 Å². The highest BCUT2D eigenvalue weighted by atomic mass is 16.6. The molecule has 8 heteroatoms. The number of carboxylic acids is 1. The molecule has 0 aliphatic carbocycles. The van der Waals surface area contributed by atoms with Gasteiger partial charge in [0.1, 0.15) is 12.7 Å². The lowest BCUT2D eigenvalue weighted by Gasteiger charge is -2.07. The number of rotatable bonds is 6. The molecule has 1 aromatic rings. The second-order valence-corrected chi connectivity index (χ2v) is 3.42. The molecule has 1 heterocycles. The van der Waals surface area contributed by atoms with Gasteiger partial charge in [-0.2, -0.15) is 0 Å². The van der Waals surface area contributed by atoms with Crippen molar-refractivity contribution in [3.8, 4) is 0 Å². The van der Waals surface area contributed by atoms with Crippen LogP contribution >= 0.6 is 0 Å². The van der Waals surface area contributed by atoms with E-state index >= 15 is 0 Å². The van der Waals surface area contributed by atoms with Crippen molar-refractivity contribution in [1.82, 2.24) is 9.55 Å². The lowest BCUT2D eigenvalue weighted by atomic mass is 10.4. The molecular weight excluding hydrogens is 230 g/mol. The number of aliphatic carboxylic acids is 1. The number of ether oxygens (including phenoxy) is 1. The van der Waals surface area contributed by atoms with Crippen molar-refractivity contribution in [2.24, 2.45) is 0 Å². The summed E-state index contributed by atoms with van der Waals surface area (Å²) in [5.74, 6) is -0.709. The lowest BCUT2D eigenvalue weighted by Crippen LogP contribution is -2.22. The van der Waals surface area contributed by atoms with Crippen LogP contribution in [0.4, 0.5) is 5.82 Å². The first kappa shape index (κ1) is 13.1. The minimum absolute atomic E-state index is 0.0749. The van der Waals surface area contributed by atoms with E-state index in [1.807, 2.05) is 0 Å². The number of nitro groups is 1. The van der Waals surface area contributed by atoms with Gasteiger partial charge in [-0.1, -0.05) is 0 Å². The Balaban J connectivity index is 2.60. The molecule has 1 N–H and O–H groups in total. The third-order valence-corrected chi connectivity index (χ3v) is 2.25. The molecule has 1 rings (SSSR count). The topological polar surface area (TPSA) is 107 Å². The standard InChI is InChI=1S/C9H13N3O5/c1-6(9(13)14)17-4-3-11-7(2)10-5-8(11)12(15)16/h5-6H,3-4H2,1-2H3,(H,13,14)/t6-/m0/s1. The first-order valence-corrected chi connectivity index (χ1v) is 4.94. The minimum atomic E-state index is -1.07. The zero-order valence-corrected chi connectivity index (χ0v) is 9.49. The lowest BCUT2D eigenvalue weighted by molar-refractivity contribution is -0.392. The smallest absolute Gasteiger partial charge is 0.342 e. The highest BCUT2D eigenvalue weighted by Gasteiger charge is 2.18. The van der Waals surface area contributed by atoms with Crippen LogP contribution in [0, 0.1) is 17.0 Å². The Bertz CT molecular complexity index is 428. The summed E-state index contributed by atoms with van der Waals surface area (Å²) in [5, 5.41) is 19.2. The fourth-order valence-electron chi connectivity index (χ4n) is 1.27. The van der Waals surface area contributed by atoms with Gasteiger partial charge in [-0.15, -0.1) is 0 Å². The van der Waals surface area contributed by atoms with E-state index in [9.17, 15) is 14.9 Å². The summed E-state index contributed by atoms with van der Waals surface area (Å²) in [7, 11) is 0. The number of carbonyl (C=O) groups is 1. The van der Waals surface area contributed by atoms with E-state index in [2.05, 4.69) is 4.98 Å². The maximum Gasteiger partial charge on any atom is 0.342 e. The number of hydrogen-bond acceptors (Lipinski definition) is 5. The molecular formula is C9H13N3O5. The maximum absolute atomic E-state index is 10.7. The van der Waals surface area contributed by atoms with Crippen molar-refractivity contribution in [2.75, 3.05) is 6.61 Å². The summed E-state index contributed by atoms with van der Waals surface area (Å²) in [6.45, 7) is 3.30. The molecule has 8 nitrogen and oxygen atoms in total. The van der Waals surface area contributed by atoms with E-state index in [0.717, 1.165) is 6.20 Å². The van der Waals surface area contributed by atoms with Gasteiger partial charge >= 0.3 is 11.8 Å². The van der Waals surface area contributed by atoms with Gasteiger partial charge in [-0.05, 0) is 11.8 Å². The van der Waals surface area contributed by atoms with E-state index in [1.54, 1.807) is 6.92 Å². The first-order valence-electron chi connectivity index (χ1n) is 4.94. The molecule has 0 unspecified atom stereocenters. The Morgan fingerprint density at radius 3 is 2.94 bits per heavy atom. The first-order chi connectivity index (χ1) is 7.93. The molecule has 0 saturated carbocycles. The highest BCUT2D eigenvalue weighted by molar-refractivity contribution is 5.71. The van der Waals surface area contributed by atoms with Gasteiger partial charge in [0.15, 0.2) is 11.9 Å². The van der Waals surface area contributed by atoms with Crippen LogP contribution in [0.15, 0.2) is 6.20 Å². The van der Waals surface area contributed by atoms with Crippen molar-refractivity contribution in [1.29, 1.82) is 0 Å². The fourth-order valence-corrected chi connectivity index (χ4v) is 1.27. The second kappa shape index (κ2) is 5.39. The predicted molar refractivity (Wildman–Crippen MR) is 56.7 cm³/mol.